The van der Waals surface area contributed by atoms with E-state index >= 15 is 0 Å². The lowest BCUT2D eigenvalue weighted by atomic mass is 10.0. The number of carbonyl (C=O) groups is 2. The van der Waals surface area contributed by atoms with Crippen LogP contribution in [0.5, 0.6) is 17.2 Å². The quantitative estimate of drug-likeness (QED) is 0.715. The van der Waals surface area contributed by atoms with Crippen LogP contribution in [0.4, 0.5) is 5.69 Å². The Morgan fingerprint density at radius 1 is 1.11 bits per heavy atom. The first kappa shape index (κ1) is 21.1. The van der Waals surface area contributed by atoms with Crippen molar-refractivity contribution >= 4 is 17.6 Å². The molecule has 0 saturated heterocycles. The SMILES string of the molecule is COc1ccc(OC(C)C)c(NC(=O)c2cc(C)c(OCC(=O)O)c(C)c2)c1. The van der Waals surface area contributed by atoms with E-state index in [0.717, 1.165) is 0 Å². The molecule has 0 aliphatic heterocycles. The van der Waals surface area contributed by atoms with Crippen LogP contribution >= 0.6 is 0 Å². The van der Waals surface area contributed by atoms with Crippen LogP contribution in [0.2, 0.25) is 0 Å². The Bertz CT molecular complexity index is 852. The number of nitrogens with one attached hydrogen (secondary N) is 1. The number of rotatable bonds is 8. The van der Waals surface area contributed by atoms with E-state index in [9.17, 15) is 9.59 Å². The first-order valence-corrected chi connectivity index (χ1v) is 8.83. The number of ether oxygens (including phenoxy) is 3. The van der Waals surface area contributed by atoms with Gasteiger partial charge in [-0.05, 0) is 63.1 Å². The van der Waals surface area contributed by atoms with Gasteiger partial charge in [0.05, 0.1) is 18.9 Å². The van der Waals surface area contributed by atoms with Crippen LogP contribution in [0, 0.1) is 13.8 Å². The Hall–Kier alpha value is -3.22. The van der Waals surface area contributed by atoms with Crippen molar-refractivity contribution in [2.75, 3.05) is 19.0 Å². The summed E-state index contributed by atoms with van der Waals surface area (Å²) in [6.45, 7) is 6.89. The van der Waals surface area contributed by atoms with Crippen molar-refractivity contribution in [2.24, 2.45) is 0 Å². The number of anilines is 1. The molecule has 2 N–H and O–H groups in total. The average Bonchev–Trinajstić information content (AvgIpc) is 2.61. The van der Waals surface area contributed by atoms with Gasteiger partial charge in [0.1, 0.15) is 17.2 Å². The summed E-state index contributed by atoms with van der Waals surface area (Å²) in [6, 6.07) is 8.51. The number of hydrogen-bond donors (Lipinski definition) is 2. The van der Waals surface area contributed by atoms with Crippen molar-refractivity contribution in [1.82, 2.24) is 0 Å². The summed E-state index contributed by atoms with van der Waals surface area (Å²) in [5.74, 6) is 0.216. The number of methoxy groups -OCH3 is 1. The minimum atomic E-state index is -1.06. The number of aryl methyl sites for hydroxylation is 2. The predicted octanol–water partition coefficient (Wildman–Crippen LogP) is 3.81. The van der Waals surface area contributed by atoms with E-state index in [4.69, 9.17) is 19.3 Å². The number of benzene rings is 2. The molecule has 2 aromatic carbocycles. The molecule has 7 heteroatoms. The van der Waals surface area contributed by atoms with Crippen molar-refractivity contribution in [1.29, 1.82) is 0 Å². The van der Waals surface area contributed by atoms with Gasteiger partial charge < -0.3 is 24.6 Å². The topological polar surface area (TPSA) is 94.1 Å². The van der Waals surface area contributed by atoms with Crippen LogP contribution in [-0.4, -0.2) is 36.8 Å². The fourth-order valence-electron chi connectivity index (χ4n) is 2.73. The number of hydrogen-bond acceptors (Lipinski definition) is 5. The Kier molecular flexibility index (Phi) is 6.87. The van der Waals surface area contributed by atoms with Crippen LogP contribution < -0.4 is 19.5 Å². The minimum absolute atomic E-state index is 0.0563. The van der Waals surface area contributed by atoms with E-state index in [-0.39, 0.29) is 12.0 Å². The second-order valence-corrected chi connectivity index (χ2v) is 6.60. The highest BCUT2D eigenvalue weighted by Gasteiger charge is 2.16. The van der Waals surface area contributed by atoms with Crippen LogP contribution in [0.15, 0.2) is 30.3 Å². The molecule has 0 aliphatic carbocycles. The van der Waals surface area contributed by atoms with E-state index in [2.05, 4.69) is 5.32 Å². The number of carbonyl (C=O) groups excluding carboxylic acids is 1. The van der Waals surface area contributed by atoms with Crippen LogP contribution in [-0.2, 0) is 4.79 Å². The van der Waals surface area contributed by atoms with Crippen molar-refractivity contribution in [3.63, 3.8) is 0 Å². The van der Waals surface area contributed by atoms with Crippen molar-refractivity contribution in [3.8, 4) is 17.2 Å². The smallest absolute Gasteiger partial charge is 0.341 e. The zero-order chi connectivity index (χ0) is 20.8. The minimum Gasteiger partial charge on any atom is -0.497 e. The monoisotopic (exact) mass is 387 g/mol. The molecular weight excluding hydrogens is 362 g/mol. The summed E-state index contributed by atoms with van der Waals surface area (Å²) in [5.41, 5.74) is 2.28. The van der Waals surface area contributed by atoms with Gasteiger partial charge in [0.2, 0.25) is 0 Å². The molecule has 0 aliphatic rings. The van der Waals surface area contributed by atoms with Crippen LogP contribution in [0.3, 0.4) is 0 Å². The third kappa shape index (κ3) is 5.39. The molecule has 1 amide bonds. The van der Waals surface area contributed by atoms with Crippen molar-refractivity contribution in [3.05, 3.63) is 47.0 Å². The fraction of sp³-hybridized carbons (Fsp3) is 0.333. The number of aliphatic carboxylic acids is 1. The maximum Gasteiger partial charge on any atom is 0.341 e. The van der Waals surface area contributed by atoms with E-state index in [0.29, 0.717) is 39.6 Å². The molecule has 0 atom stereocenters. The highest BCUT2D eigenvalue weighted by molar-refractivity contribution is 6.05. The predicted molar refractivity (Wildman–Crippen MR) is 106 cm³/mol. The third-order valence-corrected chi connectivity index (χ3v) is 3.86. The lowest BCUT2D eigenvalue weighted by Gasteiger charge is -2.17. The standard InChI is InChI=1S/C21H25NO6/c1-12(2)28-18-7-6-16(26-5)10-17(18)22-21(25)15-8-13(3)20(14(4)9-15)27-11-19(23)24/h6-10,12H,11H2,1-5H3,(H,22,25)(H,23,24). The maximum atomic E-state index is 12.8. The van der Waals surface area contributed by atoms with Crippen LogP contribution in [0.25, 0.3) is 0 Å². The molecule has 0 saturated carbocycles. The number of carboxylic acids is 1. The lowest BCUT2D eigenvalue weighted by Crippen LogP contribution is -2.16. The first-order valence-electron chi connectivity index (χ1n) is 8.83. The summed E-state index contributed by atoms with van der Waals surface area (Å²) in [6.07, 6.45) is -0.0563. The van der Waals surface area contributed by atoms with Crippen molar-refractivity contribution < 1.29 is 28.9 Å². The van der Waals surface area contributed by atoms with Gasteiger partial charge >= 0.3 is 5.97 Å². The first-order chi connectivity index (χ1) is 13.2. The molecular formula is C21H25NO6. The van der Waals surface area contributed by atoms with Gasteiger partial charge in [-0.1, -0.05) is 0 Å². The van der Waals surface area contributed by atoms with Gasteiger partial charge in [0, 0.05) is 11.6 Å². The van der Waals surface area contributed by atoms with Gasteiger partial charge in [-0.3, -0.25) is 4.79 Å². The Morgan fingerprint density at radius 2 is 1.75 bits per heavy atom. The third-order valence-electron chi connectivity index (χ3n) is 3.86. The molecule has 0 fully saturated rings. The highest BCUT2D eigenvalue weighted by Crippen LogP contribution is 2.31. The van der Waals surface area contributed by atoms with E-state index in [1.807, 2.05) is 13.8 Å². The molecule has 2 aromatic rings. The zero-order valence-corrected chi connectivity index (χ0v) is 16.7. The summed E-state index contributed by atoms with van der Waals surface area (Å²) in [4.78, 5) is 23.5. The summed E-state index contributed by atoms with van der Waals surface area (Å²) >= 11 is 0. The number of amides is 1. The van der Waals surface area contributed by atoms with Crippen LogP contribution in [0.1, 0.15) is 35.3 Å². The lowest BCUT2D eigenvalue weighted by molar-refractivity contribution is -0.139. The normalized spacial score (nSPS) is 10.5. The molecule has 0 spiro atoms. The largest absolute Gasteiger partial charge is 0.497 e. The van der Waals surface area contributed by atoms with Gasteiger partial charge in [0.25, 0.3) is 5.91 Å². The Labute approximate surface area is 164 Å². The van der Waals surface area contributed by atoms with E-state index in [1.165, 1.54) is 0 Å². The maximum absolute atomic E-state index is 12.8. The van der Waals surface area contributed by atoms with E-state index in [1.54, 1.807) is 51.3 Å². The van der Waals surface area contributed by atoms with Gasteiger partial charge in [-0.2, -0.15) is 0 Å². The highest BCUT2D eigenvalue weighted by atomic mass is 16.5. The second kappa shape index (κ2) is 9.12. The molecule has 0 aromatic heterocycles. The molecule has 0 radical (unpaired) electrons. The molecule has 150 valence electrons. The Balaban J connectivity index is 2.28. The molecule has 0 unspecified atom stereocenters. The van der Waals surface area contributed by atoms with E-state index < -0.39 is 12.6 Å². The molecule has 2 rings (SSSR count). The molecule has 0 bridgehead atoms. The zero-order valence-electron chi connectivity index (χ0n) is 16.7. The second-order valence-electron chi connectivity index (χ2n) is 6.60. The molecule has 28 heavy (non-hydrogen) atoms. The molecule has 7 nitrogen and oxygen atoms in total. The molecule has 0 heterocycles. The van der Waals surface area contributed by atoms with Gasteiger partial charge in [0.15, 0.2) is 6.61 Å². The van der Waals surface area contributed by atoms with Gasteiger partial charge in [-0.15, -0.1) is 0 Å². The summed E-state index contributed by atoms with van der Waals surface area (Å²) < 4.78 is 16.3. The average molecular weight is 387 g/mol. The Morgan fingerprint density at radius 3 is 2.29 bits per heavy atom. The van der Waals surface area contributed by atoms with Crippen molar-refractivity contribution in [2.45, 2.75) is 33.8 Å². The summed E-state index contributed by atoms with van der Waals surface area (Å²) in [7, 11) is 1.55. The van der Waals surface area contributed by atoms with Gasteiger partial charge in [-0.25, -0.2) is 4.79 Å². The fourth-order valence-corrected chi connectivity index (χ4v) is 2.73. The summed E-state index contributed by atoms with van der Waals surface area (Å²) in [5, 5.41) is 11.6. The number of carboxylic acid groups (broad SMARTS) is 1.